The molecule has 2 aliphatic carbocycles. The van der Waals surface area contributed by atoms with Crippen molar-refractivity contribution in [2.24, 2.45) is 5.73 Å². The summed E-state index contributed by atoms with van der Waals surface area (Å²) in [7, 11) is 0. The molecule has 2 nitrogen and oxygen atoms in total. The van der Waals surface area contributed by atoms with Gasteiger partial charge in [-0.05, 0) is 51.5 Å². The third-order valence-corrected chi connectivity index (χ3v) is 3.36. The molecule has 0 aliphatic heterocycles. The minimum atomic E-state index is 0.961. The molecule has 0 aromatic heterocycles. The Morgan fingerprint density at radius 3 is 2.71 bits per heavy atom. The van der Waals surface area contributed by atoms with Crippen molar-refractivity contribution in [3.8, 4) is 0 Å². The van der Waals surface area contributed by atoms with Crippen LogP contribution < -0.4 is 5.73 Å². The van der Waals surface area contributed by atoms with Gasteiger partial charge in [0.2, 0.25) is 0 Å². The molecule has 0 saturated heterocycles. The summed E-state index contributed by atoms with van der Waals surface area (Å²) in [6.07, 6.45) is 13.6. The average molecular weight is 230 g/mol. The summed E-state index contributed by atoms with van der Waals surface area (Å²) in [4.78, 5) is 2.24. The first-order valence-corrected chi connectivity index (χ1v) is 6.50. The molecule has 0 saturated carbocycles. The Morgan fingerprint density at radius 2 is 2.12 bits per heavy atom. The predicted octanol–water partition coefficient (Wildman–Crippen LogP) is 3.80. The number of rotatable bonds is 3. The van der Waals surface area contributed by atoms with Crippen LogP contribution in [0.3, 0.4) is 0 Å². The zero-order valence-corrected chi connectivity index (χ0v) is 10.7. The van der Waals surface area contributed by atoms with E-state index in [0.29, 0.717) is 0 Å². The molecule has 0 unspecified atom stereocenters. The Bertz CT molecular complexity index is 399. The molecule has 0 radical (unpaired) electrons. The smallest absolute Gasteiger partial charge is 0.0639 e. The molecule has 0 aromatic rings. The highest BCUT2D eigenvalue weighted by Crippen LogP contribution is 2.30. The number of hydrogen-bond donors (Lipinski definition) is 1. The van der Waals surface area contributed by atoms with Crippen molar-refractivity contribution >= 4 is 0 Å². The summed E-state index contributed by atoms with van der Waals surface area (Å²) in [5.41, 5.74) is 10.7. The molecule has 0 bridgehead atoms. The van der Waals surface area contributed by atoms with Crippen molar-refractivity contribution in [1.29, 1.82) is 0 Å². The van der Waals surface area contributed by atoms with E-state index < -0.39 is 0 Å². The molecular formula is C15H22N2. The van der Waals surface area contributed by atoms with E-state index in [4.69, 9.17) is 5.73 Å². The second-order valence-corrected chi connectivity index (χ2v) is 4.86. The van der Waals surface area contributed by atoms with Gasteiger partial charge in [0.1, 0.15) is 0 Å². The summed E-state index contributed by atoms with van der Waals surface area (Å²) in [5.74, 6) is 0. The Hall–Kier alpha value is -1.44. The zero-order chi connectivity index (χ0) is 12.3. The fourth-order valence-electron chi connectivity index (χ4n) is 2.52. The molecule has 17 heavy (non-hydrogen) atoms. The maximum Gasteiger partial charge on any atom is 0.0639 e. The third-order valence-electron chi connectivity index (χ3n) is 3.36. The lowest BCUT2D eigenvalue weighted by atomic mass is 10.0. The lowest BCUT2D eigenvalue weighted by Crippen LogP contribution is -2.24. The van der Waals surface area contributed by atoms with Gasteiger partial charge in [0, 0.05) is 17.1 Å². The minimum absolute atomic E-state index is 0.961. The highest BCUT2D eigenvalue weighted by Gasteiger charge is 2.19. The van der Waals surface area contributed by atoms with Crippen molar-refractivity contribution < 1.29 is 0 Å². The van der Waals surface area contributed by atoms with E-state index in [1.165, 1.54) is 25.0 Å². The van der Waals surface area contributed by atoms with Crippen molar-refractivity contribution in [3.05, 3.63) is 47.6 Å². The molecule has 0 heterocycles. The molecular weight excluding hydrogens is 208 g/mol. The van der Waals surface area contributed by atoms with E-state index in [1.54, 1.807) is 0 Å². The topological polar surface area (TPSA) is 29.3 Å². The van der Waals surface area contributed by atoms with Crippen LogP contribution >= 0.6 is 0 Å². The standard InChI is InChI=1S/C15H22N2/c1-12(2)17(13-8-4-3-5-9-13)15-11-7-6-10-14(15)16/h7-8,11H,1,3-6,9-10,16H2,2H3. The molecule has 2 N–H and O–H groups in total. The summed E-state index contributed by atoms with van der Waals surface area (Å²) in [5, 5.41) is 0. The van der Waals surface area contributed by atoms with Crippen LogP contribution in [0.1, 0.15) is 45.4 Å². The zero-order valence-electron chi connectivity index (χ0n) is 10.7. The Kier molecular flexibility index (Phi) is 3.72. The maximum absolute atomic E-state index is 6.14. The second kappa shape index (κ2) is 5.26. The monoisotopic (exact) mass is 230 g/mol. The second-order valence-electron chi connectivity index (χ2n) is 4.86. The molecule has 2 heteroatoms. The first-order chi connectivity index (χ1) is 8.20. The van der Waals surface area contributed by atoms with Crippen LogP contribution in [0.25, 0.3) is 0 Å². The van der Waals surface area contributed by atoms with Gasteiger partial charge in [0.15, 0.2) is 0 Å². The number of nitrogens with zero attached hydrogens (tertiary/aromatic N) is 1. The molecule has 0 fully saturated rings. The van der Waals surface area contributed by atoms with Gasteiger partial charge in [-0.3, -0.25) is 0 Å². The van der Waals surface area contributed by atoms with Gasteiger partial charge in [0.05, 0.1) is 5.70 Å². The van der Waals surface area contributed by atoms with E-state index in [1.807, 2.05) is 0 Å². The first-order valence-electron chi connectivity index (χ1n) is 6.50. The maximum atomic E-state index is 6.14. The normalized spacial score (nSPS) is 20.2. The van der Waals surface area contributed by atoms with Crippen LogP contribution in [0.2, 0.25) is 0 Å². The Balaban J connectivity index is 2.32. The van der Waals surface area contributed by atoms with Gasteiger partial charge in [-0.25, -0.2) is 0 Å². The van der Waals surface area contributed by atoms with Crippen molar-refractivity contribution in [3.63, 3.8) is 0 Å². The highest BCUT2D eigenvalue weighted by molar-refractivity contribution is 5.34. The highest BCUT2D eigenvalue weighted by atomic mass is 15.2. The van der Waals surface area contributed by atoms with E-state index >= 15 is 0 Å². The Labute approximate surface area is 104 Å². The minimum Gasteiger partial charge on any atom is -0.400 e. The summed E-state index contributed by atoms with van der Waals surface area (Å²) >= 11 is 0. The number of nitrogens with two attached hydrogens (primary N) is 1. The average Bonchev–Trinajstić information content (AvgIpc) is 2.33. The first kappa shape index (κ1) is 12.0. The van der Waals surface area contributed by atoms with Crippen LogP contribution in [-0.4, -0.2) is 4.90 Å². The van der Waals surface area contributed by atoms with Crippen LogP contribution in [-0.2, 0) is 0 Å². The lowest BCUT2D eigenvalue weighted by molar-refractivity contribution is 0.478. The van der Waals surface area contributed by atoms with E-state index in [-0.39, 0.29) is 0 Å². The largest absolute Gasteiger partial charge is 0.400 e. The van der Waals surface area contributed by atoms with Crippen molar-refractivity contribution in [2.45, 2.75) is 45.4 Å². The van der Waals surface area contributed by atoms with Gasteiger partial charge >= 0.3 is 0 Å². The van der Waals surface area contributed by atoms with E-state index in [0.717, 1.165) is 36.4 Å². The molecule has 2 rings (SSSR count). The lowest BCUT2D eigenvalue weighted by Gasteiger charge is -2.32. The third kappa shape index (κ3) is 2.63. The summed E-state index contributed by atoms with van der Waals surface area (Å²) in [6.45, 7) is 6.16. The van der Waals surface area contributed by atoms with Crippen LogP contribution in [0, 0.1) is 0 Å². The van der Waals surface area contributed by atoms with Gasteiger partial charge in [-0.15, -0.1) is 0 Å². The molecule has 0 aromatic carbocycles. The number of allylic oxidation sites excluding steroid dienone is 6. The van der Waals surface area contributed by atoms with E-state index in [2.05, 4.69) is 36.6 Å². The predicted molar refractivity (Wildman–Crippen MR) is 72.8 cm³/mol. The Morgan fingerprint density at radius 1 is 1.29 bits per heavy atom. The fraction of sp³-hybridized carbons (Fsp3) is 0.467. The number of hydrogen-bond acceptors (Lipinski definition) is 2. The molecule has 92 valence electrons. The fourth-order valence-corrected chi connectivity index (χ4v) is 2.52. The van der Waals surface area contributed by atoms with Gasteiger partial charge in [0.25, 0.3) is 0 Å². The van der Waals surface area contributed by atoms with Gasteiger partial charge in [-0.1, -0.05) is 18.7 Å². The molecule has 0 atom stereocenters. The van der Waals surface area contributed by atoms with Crippen LogP contribution in [0.5, 0.6) is 0 Å². The molecule has 0 spiro atoms. The molecule has 2 aliphatic rings. The van der Waals surface area contributed by atoms with Crippen LogP contribution in [0.15, 0.2) is 47.6 Å². The summed E-state index contributed by atoms with van der Waals surface area (Å²) in [6, 6.07) is 0. The van der Waals surface area contributed by atoms with Crippen molar-refractivity contribution in [1.82, 2.24) is 4.90 Å². The summed E-state index contributed by atoms with van der Waals surface area (Å²) < 4.78 is 0. The van der Waals surface area contributed by atoms with Crippen LogP contribution in [0.4, 0.5) is 0 Å². The molecule has 0 amide bonds. The SMILES string of the molecule is C=C(C)N(C1=CCCCC1)C1=C(N)CCC=C1. The van der Waals surface area contributed by atoms with Gasteiger partial charge in [-0.2, -0.15) is 0 Å². The quantitative estimate of drug-likeness (QED) is 0.799. The van der Waals surface area contributed by atoms with E-state index in [9.17, 15) is 0 Å². The van der Waals surface area contributed by atoms with Gasteiger partial charge < -0.3 is 10.6 Å². The van der Waals surface area contributed by atoms with Crippen molar-refractivity contribution in [2.75, 3.05) is 0 Å².